The van der Waals surface area contributed by atoms with Crippen LogP contribution in [0, 0.1) is 23.7 Å². The quantitative estimate of drug-likeness (QED) is 0.0222. The molecule has 0 aromatic carbocycles. The lowest BCUT2D eigenvalue weighted by Gasteiger charge is -2.21. The van der Waals surface area contributed by atoms with Gasteiger partial charge in [-0.1, -0.05) is 325 Å². The molecule has 4 unspecified atom stereocenters. The van der Waals surface area contributed by atoms with Gasteiger partial charge in [-0.3, -0.25) is 37.3 Å². The number of phosphoric acid groups is 2. The SMILES string of the molecule is CCC(C)CCCCCCCCC(=O)OC[C@H](COP(=O)(O)OC[C@@H](O)COP(=O)(O)OC[C@@H](COC(=O)CCCCCCCCC(C)CC)OC(=O)CCCCCCCCCCCCCCC(C)C)OC(=O)CCCCCCCCCCCCCCCCCCC(C)C. The maximum absolute atomic E-state index is 13.1. The third-order valence-corrected chi connectivity index (χ3v) is 19.9. The summed E-state index contributed by atoms with van der Waals surface area (Å²) in [6, 6.07) is 0. The fraction of sp³-hybridized carbons (Fsp3) is 0.947. The monoisotopic (exact) mass is 1380 g/mol. The molecule has 0 aliphatic heterocycles. The van der Waals surface area contributed by atoms with Gasteiger partial charge in [0.05, 0.1) is 26.4 Å². The molecule has 3 N–H and O–H groups in total. The Kier molecular flexibility index (Phi) is 63.1. The number of aliphatic hydroxyl groups is 1. The van der Waals surface area contributed by atoms with Gasteiger partial charge in [0.1, 0.15) is 19.3 Å². The van der Waals surface area contributed by atoms with Crippen molar-refractivity contribution in [3.63, 3.8) is 0 Å². The van der Waals surface area contributed by atoms with Crippen LogP contribution < -0.4 is 0 Å². The van der Waals surface area contributed by atoms with E-state index in [-0.39, 0.29) is 25.7 Å². The Balaban J connectivity index is 5.22. The molecule has 0 saturated heterocycles. The standard InChI is InChI=1S/C75H146O17P2/c1-9-67(7)53-45-37-31-33-39-47-55-72(77)85-61-70(91-74(79)57-49-41-29-25-21-16-14-12-11-13-15-19-23-27-35-43-51-65(3)4)63-89-93(81,82)87-59-69(76)60-88-94(83,84)90-64-71(62-86-73(78)56-48-40-34-32-38-46-54-68(8)10-2)92-75(80)58-50-42-30-26-22-18-17-20-24-28-36-44-52-66(5)6/h65-71,76H,9-64H2,1-8H3,(H,81,82)(H,83,84)/t67?,68?,69-,70-,71-/m1/s1. The molecule has 0 fully saturated rings. The summed E-state index contributed by atoms with van der Waals surface area (Å²) in [7, 11) is -9.91. The average Bonchev–Trinajstić information content (AvgIpc) is 1.24. The van der Waals surface area contributed by atoms with Crippen LogP contribution >= 0.6 is 15.6 Å². The molecule has 0 heterocycles. The molecule has 0 aromatic heterocycles. The first-order valence-corrected chi connectivity index (χ1v) is 41.8. The van der Waals surface area contributed by atoms with E-state index in [1.54, 1.807) is 0 Å². The first-order chi connectivity index (χ1) is 45.2. The van der Waals surface area contributed by atoms with Crippen molar-refractivity contribution < 1.29 is 80.2 Å². The van der Waals surface area contributed by atoms with E-state index in [4.69, 9.17) is 37.0 Å². The Morgan fingerprint density at radius 3 is 0.755 bits per heavy atom. The highest BCUT2D eigenvalue weighted by molar-refractivity contribution is 7.47. The van der Waals surface area contributed by atoms with E-state index in [1.807, 2.05) is 0 Å². The molecule has 7 atom stereocenters. The van der Waals surface area contributed by atoms with E-state index in [1.165, 1.54) is 167 Å². The van der Waals surface area contributed by atoms with Crippen LogP contribution in [0.15, 0.2) is 0 Å². The van der Waals surface area contributed by atoms with Gasteiger partial charge in [-0.05, 0) is 49.4 Å². The molecule has 558 valence electrons. The van der Waals surface area contributed by atoms with Crippen LogP contribution in [-0.2, 0) is 65.4 Å². The summed E-state index contributed by atoms with van der Waals surface area (Å²) in [5.74, 6) is 0.923. The summed E-state index contributed by atoms with van der Waals surface area (Å²) in [5.41, 5.74) is 0. The molecular formula is C75H146O17P2. The van der Waals surface area contributed by atoms with E-state index in [9.17, 15) is 43.2 Å². The topological polar surface area (TPSA) is 237 Å². The van der Waals surface area contributed by atoms with Gasteiger partial charge < -0.3 is 33.8 Å². The second-order valence-corrected chi connectivity index (χ2v) is 31.4. The first-order valence-electron chi connectivity index (χ1n) is 38.8. The minimum Gasteiger partial charge on any atom is -0.462 e. The molecule has 0 aliphatic carbocycles. The van der Waals surface area contributed by atoms with Crippen molar-refractivity contribution >= 4 is 39.5 Å². The van der Waals surface area contributed by atoms with Crippen LogP contribution in [0.2, 0.25) is 0 Å². The Morgan fingerprint density at radius 2 is 0.511 bits per heavy atom. The van der Waals surface area contributed by atoms with Crippen LogP contribution in [0.4, 0.5) is 0 Å². The van der Waals surface area contributed by atoms with E-state index in [0.717, 1.165) is 126 Å². The molecule has 94 heavy (non-hydrogen) atoms. The minimum absolute atomic E-state index is 0.105. The van der Waals surface area contributed by atoms with Crippen LogP contribution in [0.5, 0.6) is 0 Å². The predicted molar refractivity (Wildman–Crippen MR) is 381 cm³/mol. The molecular weight excluding hydrogens is 1230 g/mol. The number of hydrogen-bond acceptors (Lipinski definition) is 15. The van der Waals surface area contributed by atoms with Gasteiger partial charge in [0.25, 0.3) is 0 Å². The van der Waals surface area contributed by atoms with Crippen molar-refractivity contribution in [3.05, 3.63) is 0 Å². The van der Waals surface area contributed by atoms with Crippen molar-refractivity contribution in [2.24, 2.45) is 23.7 Å². The maximum Gasteiger partial charge on any atom is 0.472 e. The van der Waals surface area contributed by atoms with Gasteiger partial charge in [0, 0.05) is 25.7 Å². The molecule has 0 rings (SSSR count). The Hall–Kier alpha value is -1.94. The van der Waals surface area contributed by atoms with Gasteiger partial charge in [0.15, 0.2) is 12.2 Å². The zero-order valence-corrected chi connectivity index (χ0v) is 63.4. The van der Waals surface area contributed by atoms with Gasteiger partial charge in [-0.15, -0.1) is 0 Å². The smallest absolute Gasteiger partial charge is 0.462 e. The molecule has 0 aliphatic rings. The number of carbonyl (C=O) groups excluding carboxylic acids is 4. The maximum atomic E-state index is 13.1. The highest BCUT2D eigenvalue weighted by atomic mass is 31.2. The minimum atomic E-state index is -4.96. The number of phosphoric ester groups is 2. The number of hydrogen-bond donors (Lipinski definition) is 3. The van der Waals surface area contributed by atoms with Gasteiger partial charge in [-0.2, -0.15) is 0 Å². The summed E-state index contributed by atoms with van der Waals surface area (Å²) in [6.45, 7) is 14.2. The molecule has 0 saturated carbocycles. The lowest BCUT2D eigenvalue weighted by molar-refractivity contribution is -0.161. The number of aliphatic hydroxyl groups excluding tert-OH is 1. The van der Waals surface area contributed by atoms with Crippen molar-refractivity contribution in [1.82, 2.24) is 0 Å². The number of carbonyl (C=O) groups is 4. The van der Waals surface area contributed by atoms with Crippen molar-refractivity contribution in [2.45, 2.75) is 395 Å². The van der Waals surface area contributed by atoms with Gasteiger partial charge >= 0.3 is 39.5 Å². The van der Waals surface area contributed by atoms with E-state index < -0.39 is 97.5 Å². The lowest BCUT2D eigenvalue weighted by Crippen LogP contribution is -2.30. The summed E-state index contributed by atoms with van der Waals surface area (Å²) in [4.78, 5) is 72.7. The number of rotatable bonds is 72. The largest absolute Gasteiger partial charge is 0.472 e. The van der Waals surface area contributed by atoms with Crippen molar-refractivity contribution in [1.29, 1.82) is 0 Å². The van der Waals surface area contributed by atoms with Crippen LogP contribution in [-0.4, -0.2) is 96.7 Å². The van der Waals surface area contributed by atoms with E-state index >= 15 is 0 Å². The highest BCUT2D eigenvalue weighted by Gasteiger charge is 2.30. The Bertz CT molecular complexity index is 1850. The van der Waals surface area contributed by atoms with Crippen LogP contribution in [0.1, 0.15) is 376 Å². The second-order valence-electron chi connectivity index (χ2n) is 28.5. The summed E-state index contributed by atoms with van der Waals surface area (Å²) in [5, 5.41) is 10.6. The van der Waals surface area contributed by atoms with Gasteiger partial charge in [0.2, 0.25) is 0 Å². The summed E-state index contributed by atoms with van der Waals surface area (Å²) < 4.78 is 68.5. The highest BCUT2D eigenvalue weighted by Crippen LogP contribution is 2.45. The fourth-order valence-electron chi connectivity index (χ4n) is 11.3. The molecule has 17 nitrogen and oxygen atoms in total. The van der Waals surface area contributed by atoms with E-state index in [0.29, 0.717) is 25.7 Å². The molecule has 0 bridgehead atoms. The third kappa shape index (κ3) is 66.0. The zero-order chi connectivity index (χ0) is 69.6. The normalized spacial score (nSPS) is 14.7. The lowest BCUT2D eigenvalue weighted by atomic mass is 10.00. The zero-order valence-electron chi connectivity index (χ0n) is 61.6. The number of esters is 4. The predicted octanol–water partition coefficient (Wildman–Crippen LogP) is 21.7. The molecule has 19 heteroatoms. The van der Waals surface area contributed by atoms with Crippen LogP contribution in [0.25, 0.3) is 0 Å². The molecule has 0 amide bonds. The third-order valence-electron chi connectivity index (χ3n) is 18.0. The second kappa shape index (κ2) is 64.4. The molecule has 0 radical (unpaired) electrons. The molecule has 0 aromatic rings. The van der Waals surface area contributed by atoms with E-state index in [2.05, 4.69) is 55.4 Å². The first kappa shape index (κ1) is 92.1. The Labute approximate surface area is 575 Å². The Morgan fingerprint density at radius 1 is 0.298 bits per heavy atom. The summed E-state index contributed by atoms with van der Waals surface area (Å²) >= 11 is 0. The average molecular weight is 1380 g/mol. The fourth-order valence-corrected chi connectivity index (χ4v) is 12.9. The number of unbranched alkanes of at least 4 members (excludes halogenated alkanes) is 36. The van der Waals surface area contributed by atoms with Crippen molar-refractivity contribution in [2.75, 3.05) is 39.6 Å². The summed E-state index contributed by atoms with van der Waals surface area (Å²) in [6.07, 6.45) is 48.7. The van der Waals surface area contributed by atoms with Gasteiger partial charge in [-0.25, -0.2) is 9.13 Å². The number of ether oxygens (including phenoxy) is 4. The molecule has 0 spiro atoms. The van der Waals surface area contributed by atoms with Crippen molar-refractivity contribution in [3.8, 4) is 0 Å². The van der Waals surface area contributed by atoms with Crippen LogP contribution in [0.3, 0.4) is 0 Å².